The summed E-state index contributed by atoms with van der Waals surface area (Å²) in [4.78, 5) is 29.4. The van der Waals surface area contributed by atoms with Gasteiger partial charge in [0, 0.05) is 13.6 Å². The third kappa shape index (κ3) is 2.75. The molecule has 0 amide bonds. The van der Waals surface area contributed by atoms with E-state index in [1.807, 2.05) is 0 Å². The van der Waals surface area contributed by atoms with Gasteiger partial charge in [-0.05, 0) is 17.7 Å². The predicted molar refractivity (Wildman–Crippen MR) is 91.9 cm³/mol. The van der Waals surface area contributed by atoms with Crippen LogP contribution >= 0.6 is 23.2 Å². The highest BCUT2D eigenvalue weighted by molar-refractivity contribution is 6.42. The molecular weight excluding hydrogens is 355 g/mol. The summed E-state index contributed by atoms with van der Waals surface area (Å²) >= 11 is 11.9. The standard InChI is InChI=1S/C15H14Cl2N4O3/c1-19-13-12(20(4-5-22)8-18-13)14(23)21(15(19)24)7-9-2-3-10(16)11(17)6-9/h2-3,6,8,22H,4-5,7H2,1H3. The van der Waals surface area contributed by atoms with E-state index in [0.29, 0.717) is 15.6 Å². The molecule has 7 nitrogen and oxygen atoms in total. The Balaban J connectivity index is 2.20. The summed E-state index contributed by atoms with van der Waals surface area (Å²) in [6.45, 7) is 0.139. The number of benzene rings is 1. The summed E-state index contributed by atoms with van der Waals surface area (Å²) in [6, 6.07) is 4.93. The van der Waals surface area contributed by atoms with E-state index in [1.165, 1.54) is 15.5 Å². The third-order valence-corrected chi connectivity index (χ3v) is 4.51. The van der Waals surface area contributed by atoms with E-state index in [0.717, 1.165) is 4.57 Å². The van der Waals surface area contributed by atoms with Gasteiger partial charge in [0.1, 0.15) is 0 Å². The molecule has 0 saturated carbocycles. The topological polar surface area (TPSA) is 82.0 Å². The van der Waals surface area contributed by atoms with E-state index in [-0.39, 0.29) is 30.9 Å². The van der Waals surface area contributed by atoms with Crippen LogP contribution in [0.4, 0.5) is 0 Å². The van der Waals surface area contributed by atoms with Gasteiger partial charge in [-0.15, -0.1) is 0 Å². The van der Waals surface area contributed by atoms with Gasteiger partial charge >= 0.3 is 5.69 Å². The molecule has 126 valence electrons. The monoisotopic (exact) mass is 368 g/mol. The molecule has 2 aromatic heterocycles. The van der Waals surface area contributed by atoms with Crippen molar-refractivity contribution in [3.63, 3.8) is 0 Å². The number of hydrogen-bond acceptors (Lipinski definition) is 4. The van der Waals surface area contributed by atoms with E-state index in [1.54, 1.807) is 25.2 Å². The Morgan fingerprint density at radius 1 is 1.21 bits per heavy atom. The van der Waals surface area contributed by atoms with E-state index in [9.17, 15) is 9.59 Å². The Morgan fingerprint density at radius 2 is 1.96 bits per heavy atom. The maximum Gasteiger partial charge on any atom is 0.332 e. The Labute approximate surface area is 146 Å². The smallest absolute Gasteiger partial charge is 0.332 e. The van der Waals surface area contributed by atoms with Gasteiger partial charge in [0.25, 0.3) is 5.56 Å². The Morgan fingerprint density at radius 3 is 2.62 bits per heavy atom. The van der Waals surface area contributed by atoms with Crippen LogP contribution in [0.15, 0.2) is 34.1 Å². The van der Waals surface area contributed by atoms with Crippen molar-refractivity contribution >= 4 is 34.4 Å². The van der Waals surface area contributed by atoms with E-state index in [2.05, 4.69) is 4.98 Å². The Hall–Kier alpha value is -2.09. The fourth-order valence-electron chi connectivity index (χ4n) is 2.56. The van der Waals surface area contributed by atoms with Gasteiger partial charge < -0.3 is 9.67 Å². The molecule has 0 unspecified atom stereocenters. The minimum absolute atomic E-state index is 0.0582. The number of imidazole rings is 1. The van der Waals surface area contributed by atoms with Crippen molar-refractivity contribution in [2.75, 3.05) is 6.61 Å². The molecule has 24 heavy (non-hydrogen) atoms. The van der Waals surface area contributed by atoms with E-state index < -0.39 is 11.2 Å². The van der Waals surface area contributed by atoms with Crippen molar-refractivity contribution in [1.82, 2.24) is 18.7 Å². The molecular formula is C15H14Cl2N4O3. The van der Waals surface area contributed by atoms with Gasteiger partial charge in [0.2, 0.25) is 0 Å². The number of hydrogen-bond donors (Lipinski definition) is 1. The highest BCUT2D eigenvalue weighted by Gasteiger charge is 2.16. The maximum absolute atomic E-state index is 12.8. The highest BCUT2D eigenvalue weighted by Crippen LogP contribution is 2.22. The highest BCUT2D eigenvalue weighted by atomic mass is 35.5. The molecule has 0 fully saturated rings. The molecule has 3 aromatic rings. The molecule has 0 spiro atoms. The van der Waals surface area contributed by atoms with Crippen molar-refractivity contribution in [2.45, 2.75) is 13.1 Å². The first-order valence-corrected chi connectivity index (χ1v) is 7.89. The molecule has 2 heterocycles. The fraction of sp³-hybridized carbons (Fsp3) is 0.267. The SMILES string of the molecule is Cn1c(=O)n(Cc2ccc(Cl)c(Cl)c2)c(=O)c2c1ncn2CCO. The van der Waals surface area contributed by atoms with E-state index >= 15 is 0 Å². The number of aromatic nitrogens is 4. The van der Waals surface area contributed by atoms with Crippen molar-refractivity contribution in [3.05, 3.63) is 61.0 Å². The van der Waals surface area contributed by atoms with Crippen molar-refractivity contribution in [1.29, 1.82) is 0 Å². The van der Waals surface area contributed by atoms with Crippen LogP contribution in [0.25, 0.3) is 11.2 Å². The predicted octanol–water partition coefficient (Wildman–Crippen LogP) is 1.24. The second-order valence-corrected chi connectivity index (χ2v) is 6.13. The minimum Gasteiger partial charge on any atom is -0.395 e. The number of rotatable bonds is 4. The summed E-state index contributed by atoms with van der Waals surface area (Å²) in [5, 5.41) is 9.87. The summed E-state index contributed by atoms with van der Waals surface area (Å²) in [6.07, 6.45) is 1.44. The van der Waals surface area contributed by atoms with Crippen LogP contribution in [0.3, 0.4) is 0 Å². The lowest BCUT2D eigenvalue weighted by molar-refractivity contribution is 0.277. The molecule has 0 aliphatic carbocycles. The summed E-state index contributed by atoms with van der Waals surface area (Å²) < 4.78 is 3.95. The fourth-order valence-corrected chi connectivity index (χ4v) is 2.88. The van der Waals surface area contributed by atoms with Crippen molar-refractivity contribution in [3.8, 4) is 0 Å². The molecule has 1 N–H and O–H groups in total. The van der Waals surface area contributed by atoms with Crippen LogP contribution in [0.1, 0.15) is 5.56 Å². The van der Waals surface area contributed by atoms with Gasteiger partial charge in [-0.25, -0.2) is 9.78 Å². The molecule has 0 aliphatic rings. The van der Waals surface area contributed by atoms with Gasteiger partial charge in [-0.3, -0.25) is 13.9 Å². The van der Waals surface area contributed by atoms with Crippen LogP contribution in [0, 0.1) is 0 Å². The normalized spacial score (nSPS) is 11.3. The molecule has 0 aliphatic heterocycles. The summed E-state index contributed by atoms with van der Waals surface area (Å²) in [5.74, 6) is 0. The zero-order valence-electron chi connectivity index (χ0n) is 12.7. The van der Waals surface area contributed by atoms with Gasteiger partial charge in [-0.1, -0.05) is 29.3 Å². The number of nitrogens with zero attached hydrogens (tertiary/aromatic N) is 4. The van der Waals surface area contributed by atoms with Crippen LogP contribution in [0.5, 0.6) is 0 Å². The molecule has 9 heteroatoms. The van der Waals surface area contributed by atoms with E-state index in [4.69, 9.17) is 28.3 Å². The van der Waals surface area contributed by atoms with Gasteiger partial charge in [0.15, 0.2) is 11.2 Å². The first-order chi connectivity index (χ1) is 11.4. The molecule has 1 aromatic carbocycles. The second-order valence-electron chi connectivity index (χ2n) is 5.32. The summed E-state index contributed by atoms with van der Waals surface area (Å²) in [5.41, 5.74) is 0.282. The first-order valence-electron chi connectivity index (χ1n) is 7.13. The molecule has 0 bridgehead atoms. The van der Waals surface area contributed by atoms with Crippen LogP contribution in [0.2, 0.25) is 10.0 Å². The van der Waals surface area contributed by atoms with Crippen LogP contribution in [-0.4, -0.2) is 30.4 Å². The number of halogens is 2. The average Bonchev–Trinajstić information content (AvgIpc) is 2.97. The summed E-state index contributed by atoms with van der Waals surface area (Å²) in [7, 11) is 1.55. The zero-order valence-corrected chi connectivity index (χ0v) is 14.3. The largest absolute Gasteiger partial charge is 0.395 e. The van der Waals surface area contributed by atoms with Crippen molar-refractivity contribution < 1.29 is 5.11 Å². The molecule has 0 saturated heterocycles. The molecule has 0 radical (unpaired) electrons. The third-order valence-electron chi connectivity index (χ3n) is 3.77. The lowest BCUT2D eigenvalue weighted by atomic mass is 10.2. The Kier molecular flexibility index (Phi) is 4.49. The lowest BCUT2D eigenvalue weighted by Crippen LogP contribution is -2.40. The second kappa shape index (κ2) is 6.43. The van der Waals surface area contributed by atoms with Crippen molar-refractivity contribution in [2.24, 2.45) is 7.05 Å². The Bertz CT molecular complexity index is 1040. The van der Waals surface area contributed by atoms with Gasteiger partial charge in [0.05, 0.1) is 29.5 Å². The first kappa shape index (κ1) is 16.8. The number of aliphatic hydroxyl groups excluding tert-OH is 1. The lowest BCUT2D eigenvalue weighted by Gasteiger charge is -2.10. The molecule has 3 rings (SSSR count). The average molecular weight is 369 g/mol. The number of fused-ring (bicyclic) bond motifs is 1. The van der Waals surface area contributed by atoms with Crippen LogP contribution in [-0.2, 0) is 20.1 Å². The maximum atomic E-state index is 12.8. The minimum atomic E-state index is -0.479. The zero-order chi connectivity index (χ0) is 17.4. The number of aryl methyl sites for hydroxylation is 1. The number of aliphatic hydroxyl groups is 1. The van der Waals surface area contributed by atoms with Crippen LogP contribution < -0.4 is 11.2 Å². The molecule has 0 atom stereocenters. The quantitative estimate of drug-likeness (QED) is 0.750. The van der Waals surface area contributed by atoms with Gasteiger partial charge in [-0.2, -0.15) is 0 Å².